The summed E-state index contributed by atoms with van der Waals surface area (Å²) in [6.45, 7) is 6.90. The van der Waals surface area contributed by atoms with Gasteiger partial charge in [0, 0.05) is 36.0 Å². The van der Waals surface area contributed by atoms with Crippen LogP contribution in [0.3, 0.4) is 0 Å². The second-order valence-electron chi connectivity index (χ2n) is 4.86. The lowest BCUT2D eigenvalue weighted by molar-refractivity contribution is 0.774. The Morgan fingerprint density at radius 2 is 2.00 bits per heavy atom. The zero-order valence-electron chi connectivity index (χ0n) is 12.0. The third kappa shape index (κ3) is 3.88. The number of anilines is 2. The van der Waals surface area contributed by atoms with E-state index < -0.39 is 0 Å². The Morgan fingerprint density at radius 3 is 2.60 bits per heavy atom. The monoisotopic (exact) mass is 292 g/mol. The van der Waals surface area contributed by atoms with E-state index in [4.69, 9.17) is 5.84 Å². The van der Waals surface area contributed by atoms with Crippen LogP contribution in [0.4, 0.5) is 11.6 Å². The molecule has 0 radical (unpaired) electrons. The minimum Gasteiger partial charge on any atom is -0.369 e. The Hall–Kier alpha value is -1.73. The van der Waals surface area contributed by atoms with Gasteiger partial charge >= 0.3 is 0 Å². The molecule has 0 spiro atoms. The molecule has 20 heavy (non-hydrogen) atoms. The van der Waals surface area contributed by atoms with Crippen LogP contribution in [-0.4, -0.2) is 21.5 Å². The van der Waals surface area contributed by atoms with Gasteiger partial charge in [-0.1, -0.05) is 13.8 Å². The van der Waals surface area contributed by atoms with E-state index in [2.05, 4.69) is 44.9 Å². The number of aromatic nitrogens is 3. The van der Waals surface area contributed by atoms with E-state index >= 15 is 0 Å². The fourth-order valence-electron chi connectivity index (χ4n) is 1.70. The lowest BCUT2D eigenvalue weighted by atomic mass is 10.2. The van der Waals surface area contributed by atoms with Gasteiger partial charge < -0.3 is 10.7 Å². The number of hydrogen-bond acceptors (Lipinski definition) is 7. The number of aryl methyl sites for hydroxylation is 1. The van der Waals surface area contributed by atoms with Crippen LogP contribution in [0.2, 0.25) is 0 Å². The number of nitrogens with one attached hydrogen (secondary N) is 2. The minimum absolute atomic E-state index is 0.255. The molecule has 0 aliphatic heterocycles. The molecule has 0 aliphatic carbocycles. The number of hydrogen-bond donors (Lipinski definition) is 3. The van der Waals surface area contributed by atoms with Crippen LogP contribution in [0, 0.1) is 6.92 Å². The van der Waals surface area contributed by atoms with Gasteiger partial charge in [0.1, 0.15) is 17.5 Å². The molecule has 6 nitrogen and oxygen atoms in total. The molecule has 4 N–H and O–H groups in total. The van der Waals surface area contributed by atoms with E-state index in [9.17, 15) is 0 Å². The Bertz CT molecular complexity index is 566. The first-order valence-corrected chi connectivity index (χ1v) is 7.47. The van der Waals surface area contributed by atoms with E-state index in [1.807, 2.05) is 6.92 Å². The maximum absolute atomic E-state index is 5.43. The third-order valence-electron chi connectivity index (χ3n) is 2.72. The highest BCUT2D eigenvalue weighted by atomic mass is 32.1. The average Bonchev–Trinajstić information content (AvgIpc) is 2.84. The molecule has 2 heterocycles. The number of hydrazine groups is 1. The lowest BCUT2D eigenvalue weighted by Crippen LogP contribution is -2.13. The molecule has 0 saturated carbocycles. The molecule has 0 aliphatic rings. The van der Waals surface area contributed by atoms with Gasteiger partial charge in [-0.05, 0) is 6.92 Å². The van der Waals surface area contributed by atoms with Crippen molar-refractivity contribution in [3.8, 4) is 0 Å². The summed E-state index contributed by atoms with van der Waals surface area (Å²) in [6, 6.07) is 1.80. The quantitative estimate of drug-likeness (QED) is 0.559. The summed E-state index contributed by atoms with van der Waals surface area (Å²) < 4.78 is 0. The molecule has 0 aromatic carbocycles. The van der Waals surface area contributed by atoms with Gasteiger partial charge in [-0.25, -0.2) is 20.8 Å². The van der Waals surface area contributed by atoms with E-state index in [1.54, 1.807) is 17.4 Å². The molecule has 0 unspecified atom stereocenters. The summed E-state index contributed by atoms with van der Waals surface area (Å²) in [6.07, 6.45) is 0.880. The van der Waals surface area contributed by atoms with Crippen LogP contribution < -0.4 is 16.6 Å². The van der Waals surface area contributed by atoms with E-state index in [0.29, 0.717) is 5.82 Å². The van der Waals surface area contributed by atoms with Crippen LogP contribution in [0.1, 0.15) is 36.3 Å². The van der Waals surface area contributed by atoms with Crippen molar-refractivity contribution in [3.05, 3.63) is 28.0 Å². The SMILES string of the molecule is Cc1csc(CCNc2cc(NN)nc(C(C)C)n2)n1. The normalized spacial score (nSPS) is 10.8. The predicted molar refractivity (Wildman–Crippen MR) is 83.0 cm³/mol. The lowest BCUT2D eigenvalue weighted by Gasteiger charge is -2.10. The molecule has 7 heteroatoms. The van der Waals surface area contributed by atoms with Crippen molar-refractivity contribution in [3.63, 3.8) is 0 Å². The zero-order chi connectivity index (χ0) is 14.5. The molecule has 2 aromatic rings. The molecule has 0 amide bonds. The third-order valence-corrected chi connectivity index (χ3v) is 3.75. The van der Waals surface area contributed by atoms with Gasteiger partial charge in [-0.2, -0.15) is 0 Å². The second-order valence-corrected chi connectivity index (χ2v) is 5.80. The fourth-order valence-corrected chi connectivity index (χ4v) is 2.48. The summed E-state index contributed by atoms with van der Waals surface area (Å²) in [5, 5.41) is 6.49. The first kappa shape index (κ1) is 14.7. The van der Waals surface area contributed by atoms with Crippen LogP contribution in [0.25, 0.3) is 0 Å². The summed E-state index contributed by atoms with van der Waals surface area (Å²) >= 11 is 1.68. The van der Waals surface area contributed by atoms with Crippen molar-refractivity contribution in [2.45, 2.75) is 33.1 Å². The molecule has 2 rings (SSSR count). The van der Waals surface area contributed by atoms with Gasteiger partial charge in [0.2, 0.25) is 0 Å². The van der Waals surface area contributed by atoms with Gasteiger partial charge in [-0.3, -0.25) is 0 Å². The number of nitrogens with zero attached hydrogens (tertiary/aromatic N) is 3. The molecule has 0 bridgehead atoms. The largest absolute Gasteiger partial charge is 0.369 e. The fraction of sp³-hybridized carbons (Fsp3) is 0.462. The molecule has 0 atom stereocenters. The maximum Gasteiger partial charge on any atom is 0.145 e. The Kier molecular flexibility index (Phi) is 4.86. The van der Waals surface area contributed by atoms with Crippen molar-refractivity contribution in [1.29, 1.82) is 0 Å². The van der Waals surface area contributed by atoms with E-state index in [-0.39, 0.29) is 5.92 Å². The number of nitrogens with two attached hydrogens (primary N) is 1. The van der Waals surface area contributed by atoms with Crippen molar-refractivity contribution < 1.29 is 0 Å². The van der Waals surface area contributed by atoms with E-state index in [1.165, 1.54) is 0 Å². The zero-order valence-corrected chi connectivity index (χ0v) is 12.8. The standard InChI is InChI=1S/C13H20N6S/c1-8(2)13-17-10(6-11(18-13)19-14)15-5-4-12-16-9(3)7-20-12/h6-8H,4-5,14H2,1-3H3,(H2,15,17,18,19). The van der Waals surface area contributed by atoms with Gasteiger partial charge in [0.05, 0.1) is 5.01 Å². The second kappa shape index (κ2) is 6.62. The van der Waals surface area contributed by atoms with E-state index in [0.717, 1.165) is 35.3 Å². The predicted octanol–water partition coefficient (Wildman–Crippen LogP) is 2.31. The van der Waals surface area contributed by atoms with Crippen LogP contribution in [0.5, 0.6) is 0 Å². The Labute approximate surface area is 122 Å². The van der Waals surface area contributed by atoms with Crippen LogP contribution in [0.15, 0.2) is 11.4 Å². The molecule has 0 saturated heterocycles. The van der Waals surface area contributed by atoms with Crippen molar-refractivity contribution in [2.24, 2.45) is 5.84 Å². The van der Waals surface area contributed by atoms with Crippen molar-refractivity contribution in [2.75, 3.05) is 17.3 Å². The highest BCUT2D eigenvalue weighted by Gasteiger charge is 2.07. The molecule has 2 aromatic heterocycles. The smallest absolute Gasteiger partial charge is 0.145 e. The average molecular weight is 292 g/mol. The highest BCUT2D eigenvalue weighted by Crippen LogP contribution is 2.16. The summed E-state index contributed by atoms with van der Waals surface area (Å²) in [7, 11) is 0. The molecule has 108 valence electrons. The Balaban J connectivity index is 1.99. The molecular formula is C13H20N6S. The van der Waals surface area contributed by atoms with Crippen LogP contribution in [-0.2, 0) is 6.42 Å². The van der Waals surface area contributed by atoms with Crippen molar-refractivity contribution in [1.82, 2.24) is 15.0 Å². The summed E-state index contributed by atoms with van der Waals surface area (Å²) in [5.41, 5.74) is 3.65. The first-order valence-electron chi connectivity index (χ1n) is 6.59. The summed E-state index contributed by atoms with van der Waals surface area (Å²) in [4.78, 5) is 13.2. The number of nitrogen functional groups attached to an aromatic ring is 1. The summed E-state index contributed by atoms with van der Waals surface area (Å²) in [5.74, 6) is 7.86. The highest BCUT2D eigenvalue weighted by molar-refractivity contribution is 7.09. The minimum atomic E-state index is 0.255. The molecule has 0 fully saturated rings. The van der Waals surface area contributed by atoms with Gasteiger partial charge in [0.15, 0.2) is 0 Å². The maximum atomic E-state index is 5.43. The number of thiazole rings is 1. The number of rotatable bonds is 6. The Morgan fingerprint density at radius 1 is 1.25 bits per heavy atom. The van der Waals surface area contributed by atoms with Crippen LogP contribution >= 0.6 is 11.3 Å². The topological polar surface area (TPSA) is 88.8 Å². The first-order chi connectivity index (χ1) is 9.58. The van der Waals surface area contributed by atoms with Gasteiger partial charge in [0.25, 0.3) is 0 Å². The van der Waals surface area contributed by atoms with Gasteiger partial charge in [-0.15, -0.1) is 11.3 Å². The molecular weight excluding hydrogens is 272 g/mol. The van der Waals surface area contributed by atoms with Crippen molar-refractivity contribution >= 4 is 23.0 Å².